The molecule has 3 rings (SSSR count). The molecule has 0 radical (unpaired) electrons. The second kappa shape index (κ2) is 4.38. The highest BCUT2D eigenvalue weighted by Gasteiger charge is 2.40. The first-order valence-electron chi connectivity index (χ1n) is 5.93. The number of hydrogen-bond donors (Lipinski definition) is 0. The van der Waals surface area contributed by atoms with Gasteiger partial charge in [-0.15, -0.1) is 5.11 Å². The van der Waals surface area contributed by atoms with Gasteiger partial charge in [0, 0.05) is 12.1 Å². The minimum atomic E-state index is -0.902. The van der Waals surface area contributed by atoms with Crippen LogP contribution in [0.3, 0.4) is 0 Å². The number of amides is 2. The average molecular weight is 257 g/mol. The number of hydrogen-bond acceptors (Lipinski definition) is 4. The number of carbonyl (C=O) groups excluding carboxylic acids is 2. The number of fused-ring (bicyclic) bond motifs is 1. The number of nitrogens with zero attached hydrogens (tertiary/aromatic N) is 3. The van der Waals surface area contributed by atoms with Gasteiger partial charge in [0.05, 0.1) is 6.26 Å². The third kappa shape index (κ3) is 2.05. The first kappa shape index (κ1) is 11.7. The molecule has 0 aromatic carbocycles. The Hall–Kier alpha value is -2.37. The Kier molecular flexibility index (Phi) is 2.70. The van der Waals surface area contributed by atoms with Gasteiger partial charge in [-0.25, -0.2) is 4.99 Å². The molecule has 96 valence electrons. The Morgan fingerprint density at radius 2 is 2.16 bits per heavy atom. The Morgan fingerprint density at radius 3 is 2.89 bits per heavy atom. The van der Waals surface area contributed by atoms with Crippen LogP contribution in [0.1, 0.15) is 12.7 Å². The normalized spacial score (nSPS) is 25.9. The molecule has 3 heterocycles. The lowest BCUT2D eigenvalue weighted by atomic mass is 9.86. The Bertz CT molecular complexity index is 626. The van der Waals surface area contributed by atoms with E-state index in [1.54, 1.807) is 25.3 Å². The molecule has 0 N–H and O–H groups in total. The van der Waals surface area contributed by atoms with Gasteiger partial charge >= 0.3 is 0 Å². The summed E-state index contributed by atoms with van der Waals surface area (Å²) in [4.78, 5) is 27.3. The van der Waals surface area contributed by atoms with E-state index >= 15 is 0 Å². The van der Waals surface area contributed by atoms with Gasteiger partial charge in [0.2, 0.25) is 0 Å². The molecule has 6 heteroatoms. The molecule has 0 fully saturated rings. The zero-order valence-electron chi connectivity index (χ0n) is 10.2. The largest absolute Gasteiger partial charge is 0.469 e. The van der Waals surface area contributed by atoms with Crippen LogP contribution in [0.15, 0.2) is 49.7 Å². The number of aliphatic imine (C=N–C) groups is 1. The molecule has 19 heavy (non-hydrogen) atoms. The maximum Gasteiger partial charge on any atom is 0.280 e. The van der Waals surface area contributed by atoms with Crippen LogP contribution in [0.2, 0.25) is 0 Å². The Morgan fingerprint density at radius 1 is 1.32 bits per heavy atom. The van der Waals surface area contributed by atoms with E-state index in [2.05, 4.69) is 15.2 Å². The number of azo groups is 1. The molecule has 0 bridgehead atoms. The minimum absolute atomic E-state index is 0.344. The monoisotopic (exact) mass is 257 g/mol. The van der Waals surface area contributed by atoms with Crippen molar-refractivity contribution in [2.75, 3.05) is 0 Å². The van der Waals surface area contributed by atoms with E-state index in [0.29, 0.717) is 17.7 Å². The lowest BCUT2D eigenvalue weighted by Crippen LogP contribution is -2.35. The van der Waals surface area contributed by atoms with Crippen molar-refractivity contribution in [2.24, 2.45) is 21.1 Å². The van der Waals surface area contributed by atoms with Crippen molar-refractivity contribution >= 4 is 17.5 Å². The predicted octanol–water partition coefficient (Wildman–Crippen LogP) is 1.73. The van der Waals surface area contributed by atoms with Crippen LogP contribution in [-0.4, -0.2) is 23.6 Å². The van der Waals surface area contributed by atoms with Gasteiger partial charge in [-0.1, -0.05) is 0 Å². The Balaban J connectivity index is 1.97. The molecule has 2 unspecified atom stereocenters. The fourth-order valence-electron chi connectivity index (χ4n) is 2.30. The summed E-state index contributed by atoms with van der Waals surface area (Å²) in [6.07, 6.45) is 3.80. The molecule has 2 aliphatic rings. The van der Waals surface area contributed by atoms with Crippen LogP contribution < -0.4 is 0 Å². The molecule has 2 atom stereocenters. The highest BCUT2D eigenvalue weighted by atomic mass is 16.3. The number of carbonyl (C=O) groups is 2. The molecular formula is C13H11N3O3. The molecule has 0 saturated heterocycles. The number of allylic oxidation sites excluding steroid dienone is 1. The van der Waals surface area contributed by atoms with Crippen molar-refractivity contribution in [3.63, 3.8) is 0 Å². The fraction of sp³-hybridized carbons (Fsp3) is 0.308. The van der Waals surface area contributed by atoms with Crippen LogP contribution >= 0.6 is 0 Å². The van der Waals surface area contributed by atoms with Crippen LogP contribution in [0, 0.1) is 5.92 Å². The zero-order chi connectivity index (χ0) is 13.4. The first-order chi connectivity index (χ1) is 9.15. The van der Waals surface area contributed by atoms with Crippen LogP contribution in [-0.2, 0) is 16.0 Å². The van der Waals surface area contributed by atoms with E-state index in [1.807, 2.05) is 6.07 Å². The molecule has 1 aromatic heterocycles. The predicted molar refractivity (Wildman–Crippen MR) is 65.8 cm³/mol. The van der Waals surface area contributed by atoms with Crippen molar-refractivity contribution in [1.82, 2.24) is 0 Å². The lowest BCUT2D eigenvalue weighted by Gasteiger charge is -2.25. The zero-order valence-corrected chi connectivity index (χ0v) is 10.2. The average Bonchev–Trinajstić information content (AvgIpc) is 2.85. The highest BCUT2D eigenvalue weighted by molar-refractivity contribution is 6.14. The summed E-state index contributed by atoms with van der Waals surface area (Å²) in [5, 5.41) is 7.54. The molecule has 6 nitrogen and oxygen atoms in total. The van der Waals surface area contributed by atoms with E-state index in [1.165, 1.54) is 0 Å². The summed E-state index contributed by atoms with van der Waals surface area (Å²) in [7, 11) is 0. The quantitative estimate of drug-likeness (QED) is 0.756. The van der Waals surface area contributed by atoms with Gasteiger partial charge in [-0.3, -0.25) is 9.59 Å². The van der Waals surface area contributed by atoms with Gasteiger partial charge in [-0.05, 0) is 30.7 Å². The van der Waals surface area contributed by atoms with Crippen molar-refractivity contribution in [2.45, 2.75) is 19.4 Å². The second-order valence-electron chi connectivity index (χ2n) is 4.52. The summed E-state index contributed by atoms with van der Waals surface area (Å²) in [5.74, 6) is -1.15. The standard InChI is InChI=1S/C13H11N3O3/c1-7-5-9-10(6-8-3-2-4-19-8)15-16-13(18)11(9)12(17)14-7/h2-5,10-11H,6H2,1H3. The topological polar surface area (TPSA) is 84.4 Å². The molecular weight excluding hydrogens is 246 g/mol. The molecule has 1 aromatic rings. The van der Waals surface area contributed by atoms with Gasteiger partial charge < -0.3 is 4.42 Å². The highest BCUT2D eigenvalue weighted by Crippen LogP contribution is 2.30. The third-order valence-corrected chi connectivity index (χ3v) is 3.14. The maximum atomic E-state index is 11.8. The molecule has 0 aliphatic carbocycles. The molecule has 0 saturated carbocycles. The van der Waals surface area contributed by atoms with E-state index in [0.717, 1.165) is 5.76 Å². The summed E-state index contributed by atoms with van der Waals surface area (Å²) in [5.41, 5.74) is 1.25. The summed E-state index contributed by atoms with van der Waals surface area (Å²) < 4.78 is 5.27. The SMILES string of the molecule is CC1=NC(=O)C2C(=O)N=NC(Cc3ccco3)C2=C1. The maximum absolute atomic E-state index is 11.8. The van der Waals surface area contributed by atoms with E-state index in [4.69, 9.17) is 4.42 Å². The van der Waals surface area contributed by atoms with E-state index < -0.39 is 17.7 Å². The van der Waals surface area contributed by atoms with Crippen molar-refractivity contribution in [3.05, 3.63) is 35.8 Å². The number of rotatable bonds is 2. The van der Waals surface area contributed by atoms with Crippen LogP contribution in [0.25, 0.3) is 0 Å². The summed E-state index contributed by atoms with van der Waals surface area (Å²) in [6, 6.07) is 3.27. The molecule has 2 aliphatic heterocycles. The van der Waals surface area contributed by atoms with Crippen molar-refractivity contribution in [3.8, 4) is 0 Å². The first-order valence-corrected chi connectivity index (χ1v) is 5.93. The second-order valence-corrected chi connectivity index (χ2v) is 4.52. The molecule has 0 spiro atoms. The molecule has 2 amide bonds. The lowest BCUT2D eigenvalue weighted by molar-refractivity contribution is -0.130. The smallest absolute Gasteiger partial charge is 0.280 e. The van der Waals surface area contributed by atoms with E-state index in [-0.39, 0.29) is 6.04 Å². The summed E-state index contributed by atoms with van der Waals surface area (Å²) in [6.45, 7) is 1.72. The van der Waals surface area contributed by atoms with Gasteiger partial charge in [-0.2, -0.15) is 5.11 Å². The van der Waals surface area contributed by atoms with Gasteiger partial charge in [0.15, 0.2) is 0 Å². The van der Waals surface area contributed by atoms with Crippen molar-refractivity contribution < 1.29 is 14.0 Å². The van der Waals surface area contributed by atoms with Crippen LogP contribution in [0.4, 0.5) is 0 Å². The third-order valence-electron chi connectivity index (χ3n) is 3.14. The Labute approximate surface area is 108 Å². The number of dihydropyridines is 1. The van der Waals surface area contributed by atoms with E-state index in [9.17, 15) is 9.59 Å². The van der Waals surface area contributed by atoms with Crippen LogP contribution in [0.5, 0.6) is 0 Å². The summed E-state index contributed by atoms with van der Waals surface area (Å²) >= 11 is 0. The minimum Gasteiger partial charge on any atom is -0.469 e. The van der Waals surface area contributed by atoms with Gasteiger partial charge in [0.25, 0.3) is 11.8 Å². The van der Waals surface area contributed by atoms with Gasteiger partial charge in [0.1, 0.15) is 17.7 Å². The van der Waals surface area contributed by atoms with Crippen molar-refractivity contribution in [1.29, 1.82) is 0 Å². The number of furan rings is 1. The fourth-order valence-corrected chi connectivity index (χ4v) is 2.30.